The molecule has 2 fully saturated rings. The zero-order valence-corrected chi connectivity index (χ0v) is 18.3. The van der Waals surface area contributed by atoms with E-state index in [4.69, 9.17) is 9.47 Å². The van der Waals surface area contributed by atoms with Gasteiger partial charge < -0.3 is 19.3 Å². The maximum atomic E-state index is 15.5. The number of halogens is 2. The van der Waals surface area contributed by atoms with Crippen molar-refractivity contribution in [3.63, 3.8) is 0 Å². The summed E-state index contributed by atoms with van der Waals surface area (Å²) >= 11 is 1.02. The second kappa shape index (κ2) is 8.36. The molecule has 0 bridgehead atoms. The van der Waals surface area contributed by atoms with Crippen molar-refractivity contribution in [1.29, 1.82) is 0 Å². The van der Waals surface area contributed by atoms with Crippen LogP contribution in [0.5, 0.6) is 0 Å². The van der Waals surface area contributed by atoms with E-state index in [0.717, 1.165) is 37.7 Å². The Kier molecular flexibility index (Phi) is 5.54. The van der Waals surface area contributed by atoms with Crippen LogP contribution in [0.15, 0.2) is 21.0 Å². The quantitative estimate of drug-likeness (QED) is 0.647. The first-order chi connectivity index (χ1) is 15.5. The fraction of sp³-hybridized carbons (Fsp3) is 0.476. The van der Waals surface area contributed by atoms with Crippen molar-refractivity contribution in [3.05, 3.63) is 33.6 Å². The first kappa shape index (κ1) is 21.2. The number of carbonyl (C=O) groups excluding carboxylic acids is 1. The lowest BCUT2D eigenvalue weighted by Crippen LogP contribution is -2.38. The summed E-state index contributed by atoms with van der Waals surface area (Å²) in [5.74, 6) is -2.94. The summed E-state index contributed by atoms with van der Waals surface area (Å²) < 4.78 is 42.6. The number of morpholine rings is 1. The lowest BCUT2D eigenvalue weighted by molar-refractivity contribution is 0.0524. The Morgan fingerprint density at radius 1 is 1.16 bits per heavy atom. The van der Waals surface area contributed by atoms with E-state index in [-0.39, 0.29) is 33.7 Å². The second-order valence-corrected chi connectivity index (χ2v) is 8.72. The maximum absolute atomic E-state index is 15.5. The number of hydrogen-bond acceptors (Lipinski definition) is 8. The minimum absolute atomic E-state index is 0.00100. The van der Waals surface area contributed by atoms with Crippen molar-refractivity contribution in [2.45, 2.75) is 24.7 Å². The summed E-state index contributed by atoms with van der Waals surface area (Å²) in [6.07, 6.45) is 3.22. The molecule has 0 saturated carbocycles. The monoisotopic (exact) mass is 464 g/mol. The summed E-state index contributed by atoms with van der Waals surface area (Å²) in [5.41, 5.74) is -0.953. The lowest BCUT2D eigenvalue weighted by Gasteiger charge is -2.32. The third-order valence-electron chi connectivity index (χ3n) is 5.83. The van der Waals surface area contributed by atoms with Crippen LogP contribution in [0.3, 0.4) is 0 Å². The lowest BCUT2D eigenvalue weighted by atomic mass is 10.1. The Labute approximate surface area is 186 Å². The Morgan fingerprint density at radius 3 is 2.56 bits per heavy atom. The molecule has 0 radical (unpaired) electrons. The molecule has 3 aliphatic rings. The average molecular weight is 464 g/mol. The van der Waals surface area contributed by atoms with Crippen LogP contribution >= 0.6 is 11.8 Å². The van der Waals surface area contributed by atoms with E-state index in [1.54, 1.807) is 11.8 Å². The van der Waals surface area contributed by atoms with Gasteiger partial charge in [-0.2, -0.15) is 0 Å². The van der Waals surface area contributed by atoms with Crippen molar-refractivity contribution in [3.8, 4) is 0 Å². The topological polar surface area (TPSA) is 76.4 Å². The van der Waals surface area contributed by atoms with Gasteiger partial charge >= 0.3 is 5.97 Å². The average Bonchev–Trinajstić information content (AvgIpc) is 3.34. The molecule has 2 saturated heterocycles. The van der Waals surface area contributed by atoms with Crippen LogP contribution in [0.1, 0.15) is 30.1 Å². The number of amidine groups is 1. The molecule has 0 spiro atoms. The number of esters is 1. The molecule has 0 atom stereocenters. The predicted molar refractivity (Wildman–Crippen MR) is 117 cm³/mol. The maximum Gasteiger partial charge on any atom is 0.343 e. The van der Waals surface area contributed by atoms with Crippen molar-refractivity contribution in [1.82, 2.24) is 9.58 Å². The van der Waals surface area contributed by atoms with Crippen molar-refractivity contribution in [2.24, 2.45) is 5.10 Å². The molecule has 3 aliphatic heterocycles. The minimum Gasteiger partial charge on any atom is -0.462 e. The molecule has 5 rings (SSSR count). The van der Waals surface area contributed by atoms with E-state index in [1.807, 2.05) is 4.90 Å². The van der Waals surface area contributed by atoms with Crippen molar-refractivity contribution in [2.75, 3.05) is 50.9 Å². The van der Waals surface area contributed by atoms with Crippen LogP contribution in [0, 0.1) is 11.6 Å². The predicted octanol–water partition coefficient (Wildman–Crippen LogP) is 2.61. The molecule has 4 heterocycles. The fourth-order valence-corrected chi connectivity index (χ4v) is 5.40. The van der Waals surface area contributed by atoms with Gasteiger partial charge in [0, 0.05) is 32.4 Å². The van der Waals surface area contributed by atoms with Crippen LogP contribution < -0.4 is 10.3 Å². The number of benzene rings is 1. The van der Waals surface area contributed by atoms with E-state index in [9.17, 15) is 9.59 Å². The van der Waals surface area contributed by atoms with Crippen molar-refractivity contribution >= 4 is 39.5 Å². The molecule has 170 valence electrons. The zero-order chi connectivity index (χ0) is 22.4. The number of anilines is 1. The molecule has 0 N–H and O–H groups in total. The van der Waals surface area contributed by atoms with E-state index >= 15 is 8.78 Å². The number of hydrogen-bond donors (Lipinski definition) is 0. The zero-order valence-electron chi connectivity index (χ0n) is 17.5. The SMILES string of the molecule is CCOC(=O)c1cn2c3c(c(F)c(F)c(N4CCOCC4)c3c1=O)SC(N1CCCC1)=N2. The number of likely N-dealkylation sites (tertiary alicyclic amines) is 1. The highest BCUT2D eigenvalue weighted by Gasteiger charge is 2.34. The molecule has 32 heavy (non-hydrogen) atoms. The van der Waals surface area contributed by atoms with Gasteiger partial charge in [0.15, 0.2) is 16.8 Å². The molecular formula is C21H22F2N4O4S. The van der Waals surface area contributed by atoms with Gasteiger partial charge in [-0.3, -0.25) is 4.79 Å². The van der Waals surface area contributed by atoms with Crippen LogP contribution in [-0.4, -0.2) is 66.7 Å². The third-order valence-corrected chi connectivity index (χ3v) is 6.93. The molecule has 1 aromatic carbocycles. The second-order valence-electron chi connectivity index (χ2n) is 7.74. The highest BCUT2D eigenvalue weighted by Crippen LogP contribution is 2.42. The van der Waals surface area contributed by atoms with Gasteiger partial charge in [-0.15, -0.1) is 5.10 Å². The number of carbonyl (C=O) groups is 1. The van der Waals surface area contributed by atoms with E-state index < -0.39 is 23.0 Å². The van der Waals surface area contributed by atoms with E-state index in [0.29, 0.717) is 31.5 Å². The largest absolute Gasteiger partial charge is 0.462 e. The first-order valence-electron chi connectivity index (χ1n) is 10.6. The summed E-state index contributed by atoms with van der Waals surface area (Å²) in [5, 5.41) is 5.03. The van der Waals surface area contributed by atoms with Gasteiger partial charge in [-0.05, 0) is 31.5 Å². The molecule has 2 aromatic rings. The Morgan fingerprint density at radius 2 is 1.88 bits per heavy atom. The normalized spacial score (nSPS) is 18.3. The van der Waals surface area contributed by atoms with Gasteiger partial charge in [0.2, 0.25) is 5.43 Å². The Hall–Kier alpha value is -2.66. The highest BCUT2D eigenvalue weighted by molar-refractivity contribution is 8.14. The van der Waals surface area contributed by atoms with Crippen molar-refractivity contribution < 1.29 is 23.0 Å². The molecule has 0 unspecified atom stereocenters. The first-order valence-corrected chi connectivity index (χ1v) is 11.4. The third kappa shape index (κ3) is 3.34. The van der Waals surface area contributed by atoms with Gasteiger partial charge in [0.1, 0.15) is 5.56 Å². The van der Waals surface area contributed by atoms with Crippen LogP contribution in [-0.2, 0) is 9.47 Å². The summed E-state index contributed by atoms with van der Waals surface area (Å²) in [4.78, 5) is 29.6. The van der Waals surface area contributed by atoms with Crippen LogP contribution in [0.4, 0.5) is 14.5 Å². The fourth-order valence-electron chi connectivity index (χ4n) is 4.31. The van der Waals surface area contributed by atoms with Gasteiger partial charge in [0.25, 0.3) is 0 Å². The summed E-state index contributed by atoms with van der Waals surface area (Å²) in [6.45, 7) is 4.45. The molecular weight excluding hydrogens is 442 g/mol. The number of ether oxygens (including phenoxy) is 2. The molecule has 0 aliphatic carbocycles. The molecule has 8 nitrogen and oxygen atoms in total. The summed E-state index contributed by atoms with van der Waals surface area (Å²) in [7, 11) is 0. The number of pyridine rings is 1. The van der Waals surface area contributed by atoms with E-state index in [1.165, 1.54) is 10.9 Å². The highest BCUT2D eigenvalue weighted by atomic mass is 32.2. The molecule has 11 heteroatoms. The van der Waals surface area contributed by atoms with Crippen LogP contribution in [0.25, 0.3) is 10.9 Å². The van der Waals surface area contributed by atoms with Gasteiger partial charge in [0.05, 0.1) is 41.3 Å². The molecule has 0 amide bonds. The van der Waals surface area contributed by atoms with Gasteiger partial charge in [-0.1, -0.05) is 0 Å². The number of aromatic nitrogens is 1. The van der Waals surface area contributed by atoms with E-state index in [2.05, 4.69) is 5.10 Å². The number of thioether (sulfide) groups is 1. The minimum atomic E-state index is -1.10. The molecule has 1 aromatic heterocycles. The number of rotatable bonds is 3. The number of nitrogens with zero attached hydrogens (tertiary/aromatic N) is 4. The summed E-state index contributed by atoms with van der Waals surface area (Å²) in [6, 6.07) is 0. The Balaban J connectivity index is 1.82. The Bertz CT molecular complexity index is 1190. The smallest absolute Gasteiger partial charge is 0.343 e. The van der Waals surface area contributed by atoms with Gasteiger partial charge in [-0.25, -0.2) is 18.3 Å². The van der Waals surface area contributed by atoms with Crippen LogP contribution in [0.2, 0.25) is 0 Å². The standard InChI is InChI=1S/C21H22F2N4O4S/c1-2-31-20(29)12-11-27-17-13(18(12)28)16(25-7-9-30-10-8-25)14(22)15(23)19(17)32-21(24-27)26-5-3-4-6-26/h11H,2-10H2,1H3.